The van der Waals surface area contributed by atoms with E-state index in [1.54, 1.807) is 17.6 Å². The molecule has 2 aromatic heterocycles. The maximum absolute atomic E-state index is 12.1. The second-order valence-electron chi connectivity index (χ2n) is 6.67. The van der Waals surface area contributed by atoms with Crippen LogP contribution in [0.15, 0.2) is 64.0 Å². The van der Waals surface area contributed by atoms with Crippen molar-refractivity contribution in [1.82, 2.24) is 15.0 Å². The van der Waals surface area contributed by atoms with Gasteiger partial charge in [0.05, 0.1) is 22.2 Å². The molecule has 4 rings (SSSR count). The van der Waals surface area contributed by atoms with Crippen molar-refractivity contribution in [3.05, 3.63) is 76.6 Å². The molecule has 2 aromatic carbocycles. The number of hydrogen-bond donors (Lipinski definition) is 1. The van der Waals surface area contributed by atoms with E-state index >= 15 is 0 Å². The molecular weight excluding hydrogens is 436 g/mol. The minimum atomic E-state index is -0.165. The quantitative estimate of drug-likeness (QED) is 0.234. The lowest BCUT2D eigenvalue weighted by atomic mass is 10.2. The Bertz CT molecular complexity index is 1190. The Morgan fingerprint density at radius 1 is 1.23 bits per heavy atom. The lowest BCUT2D eigenvalue weighted by Crippen LogP contribution is -2.19. The van der Waals surface area contributed by atoms with Crippen LogP contribution in [0.5, 0.6) is 0 Å². The highest BCUT2D eigenvalue weighted by atomic mass is 35.5. The number of halogens is 1. The van der Waals surface area contributed by atoms with Crippen LogP contribution in [0, 0.1) is 13.8 Å². The van der Waals surface area contributed by atoms with Crippen molar-refractivity contribution in [1.29, 1.82) is 0 Å². The van der Waals surface area contributed by atoms with Crippen LogP contribution in [0.4, 0.5) is 0 Å². The highest BCUT2D eigenvalue weighted by Crippen LogP contribution is 2.29. The van der Waals surface area contributed by atoms with Gasteiger partial charge in [-0.2, -0.15) is 5.10 Å². The summed E-state index contributed by atoms with van der Waals surface area (Å²) in [5, 5.41) is 4.83. The van der Waals surface area contributed by atoms with Crippen LogP contribution >= 0.6 is 34.7 Å². The number of carbonyl (C=O) groups excluding carboxylic acids is 1. The zero-order chi connectivity index (χ0) is 21.1. The Hall–Kier alpha value is -2.61. The van der Waals surface area contributed by atoms with E-state index in [1.807, 2.05) is 68.4 Å². The van der Waals surface area contributed by atoms with Crippen molar-refractivity contribution >= 4 is 57.0 Å². The maximum Gasteiger partial charge on any atom is 0.250 e. The van der Waals surface area contributed by atoms with Crippen LogP contribution in [0.1, 0.15) is 17.0 Å². The topological polar surface area (TPSA) is 59.3 Å². The van der Waals surface area contributed by atoms with Crippen molar-refractivity contribution in [2.24, 2.45) is 5.10 Å². The monoisotopic (exact) mass is 454 g/mol. The van der Waals surface area contributed by atoms with Crippen LogP contribution in [0.25, 0.3) is 15.9 Å². The summed E-state index contributed by atoms with van der Waals surface area (Å²) in [5.41, 5.74) is 7.65. The summed E-state index contributed by atoms with van der Waals surface area (Å²) >= 11 is 8.99. The fraction of sp³-hybridized carbons (Fsp3) is 0.136. The van der Waals surface area contributed by atoms with Crippen molar-refractivity contribution in [3.63, 3.8) is 0 Å². The normalized spacial score (nSPS) is 11.4. The molecule has 0 aliphatic rings. The largest absolute Gasteiger partial charge is 0.318 e. The minimum absolute atomic E-state index is 0.165. The summed E-state index contributed by atoms with van der Waals surface area (Å²) in [6, 6.07) is 17.7. The third-order valence-electron chi connectivity index (χ3n) is 4.55. The van der Waals surface area contributed by atoms with Crippen molar-refractivity contribution in [2.45, 2.75) is 18.2 Å². The smallest absolute Gasteiger partial charge is 0.250 e. The molecule has 152 valence electrons. The first-order valence-corrected chi connectivity index (χ1v) is 11.4. The molecule has 1 amide bonds. The molecule has 0 aliphatic carbocycles. The summed E-state index contributed by atoms with van der Waals surface area (Å²) in [6.45, 7) is 4.06. The Labute approximate surface area is 187 Å². The second kappa shape index (κ2) is 9.04. The SMILES string of the molecule is Cc1cc(/C=N/NC(=O)CSc2nc3ccccc3s2)c(C)n1-c1ccc(Cl)cc1. The molecule has 0 aliphatic heterocycles. The lowest BCUT2D eigenvalue weighted by Gasteiger charge is -2.09. The average Bonchev–Trinajstić information content (AvgIpc) is 3.27. The maximum atomic E-state index is 12.1. The van der Waals surface area contributed by atoms with Crippen molar-refractivity contribution in [2.75, 3.05) is 5.75 Å². The Morgan fingerprint density at radius 2 is 2.00 bits per heavy atom. The van der Waals surface area contributed by atoms with Gasteiger partial charge < -0.3 is 4.57 Å². The molecule has 0 radical (unpaired) electrons. The van der Waals surface area contributed by atoms with E-state index in [0.29, 0.717) is 5.02 Å². The van der Waals surface area contributed by atoms with E-state index in [4.69, 9.17) is 11.6 Å². The molecule has 0 atom stereocenters. The number of fused-ring (bicyclic) bond motifs is 1. The fourth-order valence-electron chi connectivity index (χ4n) is 3.15. The molecule has 2 heterocycles. The third-order valence-corrected chi connectivity index (χ3v) is 6.98. The highest BCUT2D eigenvalue weighted by molar-refractivity contribution is 8.01. The third kappa shape index (κ3) is 4.59. The van der Waals surface area contributed by atoms with Gasteiger partial charge in [-0.15, -0.1) is 11.3 Å². The molecule has 8 heteroatoms. The molecule has 30 heavy (non-hydrogen) atoms. The van der Waals surface area contributed by atoms with E-state index in [2.05, 4.69) is 20.1 Å². The van der Waals surface area contributed by atoms with E-state index in [1.165, 1.54) is 11.8 Å². The number of nitrogens with one attached hydrogen (secondary N) is 1. The van der Waals surface area contributed by atoms with Gasteiger partial charge >= 0.3 is 0 Å². The van der Waals surface area contributed by atoms with Gasteiger partial charge in [-0.1, -0.05) is 35.5 Å². The molecule has 0 fully saturated rings. The highest BCUT2D eigenvalue weighted by Gasteiger charge is 2.10. The Kier molecular flexibility index (Phi) is 6.22. The number of aromatic nitrogens is 2. The molecule has 0 saturated heterocycles. The van der Waals surface area contributed by atoms with E-state index in [0.717, 1.165) is 37.2 Å². The predicted octanol–water partition coefficient (Wildman–Crippen LogP) is 5.60. The fourth-order valence-corrected chi connectivity index (χ4v) is 5.14. The number of hydrazone groups is 1. The van der Waals surface area contributed by atoms with Gasteiger partial charge in [0.15, 0.2) is 4.34 Å². The number of thioether (sulfide) groups is 1. The first-order chi connectivity index (χ1) is 14.5. The summed E-state index contributed by atoms with van der Waals surface area (Å²) < 4.78 is 4.12. The van der Waals surface area contributed by atoms with Crippen LogP contribution in [0.2, 0.25) is 5.02 Å². The van der Waals surface area contributed by atoms with Crippen LogP contribution in [0.3, 0.4) is 0 Å². The first kappa shape index (κ1) is 20.7. The van der Waals surface area contributed by atoms with Crippen LogP contribution in [-0.2, 0) is 4.79 Å². The number of benzene rings is 2. The van der Waals surface area contributed by atoms with Crippen molar-refractivity contribution < 1.29 is 4.79 Å². The molecule has 0 unspecified atom stereocenters. The number of rotatable bonds is 6. The zero-order valence-electron chi connectivity index (χ0n) is 16.4. The lowest BCUT2D eigenvalue weighted by molar-refractivity contribution is -0.118. The number of amides is 1. The number of hydrogen-bond acceptors (Lipinski definition) is 5. The number of para-hydroxylation sites is 1. The minimum Gasteiger partial charge on any atom is -0.318 e. The predicted molar refractivity (Wildman–Crippen MR) is 126 cm³/mol. The molecule has 0 saturated carbocycles. The summed E-state index contributed by atoms with van der Waals surface area (Å²) in [5.74, 6) is 0.100. The second-order valence-corrected chi connectivity index (χ2v) is 9.36. The van der Waals surface area contributed by atoms with Gasteiger partial charge in [-0.05, 0) is 56.3 Å². The van der Waals surface area contributed by atoms with Gasteiger partial charge in [0.25, 0.3) is 5.91 Å². The van der Waals surface area contributed by atoms with Crippen LogP contribution < -0.4 is 5.43 Å². The van der Waals surface area contributed by atoms with Gasteiger partial charge in [0, 0.05) is 27.7 Å². The summed E-state index contributed by atoms with van der Waals surface area (Å²) in [6.07, 6.45) is 1.68. The number of carbonyl (C=O) groups is 1. The first-order valence-electron chi connectivity index (χ1n) is 9.26. The zero-order valence-corrected chi connectivity index (χ0v) is 18.8. The van der Waals surface area contributed by atoms with Gasteiger partial charge in [0.2, 0.25) is 0 Å². The van der Waals surface area contributed by atoms with Gasteiger partial charge in [-0.25, -0.2) is 10.4 Å². The molecule has 0 spiro atoms. The van der Waals surface area contributed by atoms with Gasteiger partial charge in [0.1, 0.15) is 0 Å². The van der Waals surface area contributed by atoms with E-state index < -0.39 is 0 Å². The average molecular weight is 455 g/mol. The van der Waals surface area contributed by atoms with E-state index in [9.17, 15) is 4.79 Å². The van der Waals surface area contributed by atoms with Crippen LogP contribution in [-0.4, -0.2) is 27.4 Å². The standard InChI is InChI=1S/C22H19ClN4OS2/c1-14-11-16(15(2)27(14)18-9-7-17(23)8-10-18)12-24-26-21(28)13-29-22-25-19-5-3-4-6-20(19)30-22/h3-12H,13H2,1-2H3,(H,26,28)/b24-12+. The summed E-state index contributed by atoms with van der Waals surface area (Å²) in [4.78, 5) is 16.7. The number of nitrogens with zero attached hydrogens (tertiary/aromatic N) is 3. The Balaban J connectivity index is 1.37. The Morgan fingerprint density at radius 3 is 2.77 bits per heavy atom. The molecule has 1 N–H and O–H groups in total. The molecule has 5 nitrogen and oxygen atoms in total. The number of thiazole rings is 1. The van der Waals surface area contributed by atoms with E-state index in [-0.39, 0.29) is 11.7 Å². The number of aryl methyl sites for hydroxylation is 1. The molecule has 0 bridgehead atoms. The summed E-state index contributed by atoms with van der Waals surface area (Å²) in [7, 11) is 0. The molecule has 4 aromatic rings. The molecular formula is C22H19ClN4OS2. The van der Waals surface area contributed by atoms with Gasteiger partial charge in [-0.3, -0.25) is 4.79 Å². The van der Waals surface area contributed by atoms with Crippen molar-refractivity contribution in [3.8, 4) is 5.69 Å².